The Hall–Kier alpha value is -1.16. The first-order chi connectivity index (χ1) is 7.59. The molecular formula is C12H13FN2S. The molecule has 3 rings (SSSR count). The molecule has 0 aliphatic heterocycles. The number of halogens is 1. The van der Waals surface area contributed by atoms with Gasteiger partial charge >= 0.3 is 0 Å². The van der Waals surface area contributed by atoms with E-state index in [4.69, 9.17) is 12.2 Å². The highest BCUT2D eigenvalue weighted by Crippen LogP contribution is 2.46. The number of H-pyrrole nitrogens is 1. The lowest BCUT2D eigenvalue weighted by Crippen LogP contribution is -2.07. The first kappa shape index (κ1) is 10.0. The number of nitrogens with one attached hydrogen (secondary N) is 1. The monoisotopic (exact) mass is 236 g/mol. The molecule has 1 aromatic heterocycles. The minimum atomic E-state index is -0.233. The zero-order valence-electron chi connectivity index (χ0n) is 9.09. The van der Waals surface area contributed by atoms with Gasteiger partial charge in [-0.25, -0.2) is 4.39 Å². The Bertz CT molecular complexity index is 607. The van der Waals surface area contributed by atoms with Crippen LogP contribution in [0.2, 0.25) is 0 Å². The molecule has 0 amide bonds. The smallest absolute Gasteiger partial charge is 0.178 e. The molecule has 0 bridgehead atoms. The van der Waals surface area contributed by atoms with Gasteiger partial charge < -0.3 is 9.55 Å². The largest absolute Gasteiger partial charge is 0.328 e. The summed E-state index contributed by atoms with van der Waals surface area (Å²) >= 11 is 5.25. The van der Waals surface area contributed by atoms with Crippen LogP contribution in [0.15, 0.2) is 18.2 Å². The summed E-state index contributed by atoms with van der Waals surface area (Å²) in [5.41, 5.74) is 1.76. The SMILES string of the molecule is CC1(Cn2c(=S)[nH]c3c(F)cccc32)CC1. The molecule has 2 aromatic rings. The first-order valence-electron chi connectivity index (χ1n) is 5.46. The third kappa shape index (κ3) is 1.48. The molecule has 2 nitrogen and oxygen atoms in total. The van der Waals surface area contributed by atoms with Gasteiger partial charge in [-0.05, 0) is 42.6 Å². The predicted octanol–water partition coefficient (Wildman–Crippen LogP) is 3.64. The molecule has 84 valence electrons. The lowest BCUT2D eigenvalue weighted by molar-refractivity contribution is 0.469. The molecule has 1 N–H and O–H groups in total. The summed E-state index contributed by atoms with van der Waals surface area (Å²) in [4.78, 5) is 2.95. The maximum atomic E-state index is 13.5. The highest BCUT2D eigenvalue weighted by Gasteiger charge is 2.38. The van der Waals surface area contributed by atoms with Crippen molar-refractivity contribution in [1.82, 2.24) is 9.55 Å². The topological polar surface area (TPSA) is 20.7 Å². The van der Waals surface area contributed by atoms with Gasteiger partial charge in [0.1, 0.15) is 11.3 Å². The van der Waals surface area contributed by atoms with Crippen molar-refractivity contribution in [3.05, 3.63) is 28.8 Å². The van der Waals surface area contributed by atoms with E-state index in [1.807, 2.05) is 10.6 Å². The van der Waals surface area contributed by atoms with Crippen LogP contribution >= 0.6 is 12.2 Å². The number of rotatable bonds is 2. The van der Waals surface area contributed by atoms with Gasteiger partial charge in [-0.15, -0.1) is 0 Å². The van der Waals surface area contributed by atoms with Gasteiger partial charge in [0.2, 0.25) is 0 Å². The van der Waals surface area contributed by atoms with Crippen LogP contribution in [0.4, 0.5) is 4.39 Å². The van der Waals surface area contributed by atoms with Crippen LogP contribution in [0.1, 0.15) is 19.8 Å². The number of aromatic nitrogens is 2. The van der Waals surface area contributed by atoms with Gasteiger partial charge in [0.25, 0.3) is 0 Å². The molecule has 1 aliphatic rings. The first-order valence-corrected chi connectivity index (χ1v) is 5.87. The summed E-state index contributed by atoms with van der Waals surface area (Å²) in [6, 6.07) is 5.10. The van der Waals surface area contributed by atoms with Crippen LogP contribution in [-0.4, -0.2) is 9.55 Å². The number of benzene rings is 1. The van der Waals surface area contributed by atoms with Gasteiger partial charge in [0.15, 0.2) is 4.77 Å². The second kappa shape index (κ2) is 3.17. The number of fused-ring (bicyclic) bond motifs is 1. The van der Waals surface area contributed by atoms with E-state index in [9.17, 15) is 4.39 Å². The summed E-state index contributed by atoms with van der Waals surface area (Å²) in [5, 5.41) is 0. The highest BCUT2D eigenvalue weighted by molar-refractivity contribution is 7.71. The van der Waals surface area contributed by atoms with Crippen LogP contribution in [0.3, 0.4) is 0 Å². The Morgan fingerprint density at radius 3 is 2.94 bits per heavy atom. The standard InChI is InChI=1S/C12H13FN2S/c1-12(5-6-12)7-15-9-4-2-3-8(13)10(9)14-11(15)16/h2-4H,5-7H2,1H3,(H,14,16). The molecule has 1 aliphatic carbocycles. The summed E-state index contributed by atoms with van der Waals surface area (Å²) < 4.78 is 16.2. The minimum absolute atomic E-state index is 0.233. The fourth-order valence-corrected chi connectivity index (χ4v) is 2.32. The number of nitrogens with zero attached hydrogens (tertiary/aromatic N) is 1. The average Bonchev–Trinajstić information content (AvgIpc) is 2.88. The van der Waals surface area contributed by atoms with Crippen LogP contribution in [-0.2, 0) is 6.54 Å². The molecule has 1 heterocycles. The molecule has 1 aromatic carbocycles. The fourth-order valence-electron chi connectivity index (χ4n) is 2.06. The normalized spacial score (nSPS) is 17.9. The van der Waals surface area contributed by atoms with Crippen LogP contribution in [0, 0.1) is 16.0 Å². The zero-order valence-corrected chi connectivity index (χ0v) is 9.90. The summed E-state index contributed by atoms with van der Waals surface area (Å²) in [5.74, 6) is -0.233. The Kier molecular flexibility index (Phi) is 1.98. The Morgan fingerprint density at radius 1 is 1.50 bits per heavy atom. The van der Waals surface area contributed by atoms with Crippen molar-refractivity contribution < 1.29 is 4.39 Å². The molecule has 0 atom stereocenters. The lowest BCUT2D eigenvalue weighted by atomic mass is 10.1. The fraction of sp³-hybridized carbons (Fsp3) is 0.417. The van der Waals surface area contributed by atoms with Crippen molar-refractivity contribution in [2.24, 2.45) is 5.41 Å². The van der Waals surface area contributed by atoms with E-state index in [2.05, 4.69) is 11.9 Å². The van der Waals surface area contributed by atoms with E-state index in [1.54, 1.807) is 6.07 Å². The van der Waals surface area contributed by atoms with Gasteiger partial charge in [-0.3, -0.25) is 0 Å². The average molecular weight is 236 g/mol. The van der Waals surface area contributed by atoms with Gasteiger partial charge in [-0.2, -0.15) is 0 Å². The van der Waals surface area contributed by atoms with E-state index >= 15 is 0 Å². The molecule has 1 fully saturated rings. The van der Waals surface area contributed by atoms with E-state index in [0.717, 1.165) is 12.1 Å². The molecule has 0 unspecified atom stereocenters. The van der Waals surface area contributed by atoms with E-state index in [1.165, 1.54) is 18.9 Å². The Balaban J connectivity index is 2.19. The van der Waals surface area contributed by atoms with E-state index in [-0.39, 0.29) is 5.82 Å². The van der Waals surface area contributed by atoms with E-state index in [0.29, 0.717) is 15.7 Å². The maximum absolute atomic E-state index is 13.5. The maximum Gasteiger partial charge on any atom is 0.178 e. The quantitative estimate of drug-likeness (QED) is 0.789. The predicted molar refractivity (Wildman–Crippen MR) is 64.4 cm³/mol. The Morgan fingerprint density at radius 2 is 2.25 bits per heavy atom. The number of hydrogen-bond acceptors (Lipinski definition) is 1. The molecule has 0 radical (unpaired) electrons. The minimum Gasteiger partial charge on any atom is -0.328 e. The van der Waals surface area contributed by atoms with Crippen molar-refractivity contribution >= 4 is 23.3 Å². The number of imidazole rings is 1. The van der Waals surface area contributed by atoms with Crippen molar-refractivity contribution in [1.29, 1.82) is 0 Å². The van der Waals surface area contributed by atoms with Gasteiger partial charge in [0.05, 0.1) is 5.52 Å². The molecule has 1 saturated carbocycles. The Labute approximate surface area is 98.1 Å². The molecular weight excluding hydrogens is 223 g/mol. The van der Waals surface area contributed by atoms with E-state index < -0.39 is 0 Å². The summed E-state index contributed by atoms with van der Waals surface area (Å²) in [7, 11) is 0. The van der Waals surface area contributed by atoms with Crippen LogP contribution in [0.25, 0.3) is 11.0 Å². The third-order valence-corrected chi connectivity index (χ3v) is 3.73. The molecule has 0 spiro atoms. The summed E-state index contributed by atoms with van der Waals surface area (Å²) in [6.07, 6.45) is 2.47. The van der Waals surface area contributed by atoms with Crippen molar-refractivity contribution in [3.63, 3.8) is 0 Å². The number of hydrogen-bond donors (Lipinski definition) is 1. The zero-order chi connectivity index (χ0) is 11.3. The van der Waals surface area contributed by atoms with Crippen molar-refractivity contribution in [2.75, 3.05) is 0 Å². The lowest BCUT2D eigenvalue weighted by Gasteiger charge is -2.10. The highest BCUT2D eigenvalue weighted by atomic mass is 32.1. The van der Waals surface area contributed by atoms with Crippen molar-refractivity contribution in [3.8, 4) is 0 Å². The number of para-hydroxylation sites is 1. The van der Waals surface area contributed by atoms with Crippen molar-refractivity contribution in [2.45, 2.75) is 26.3 Å². The molecule has 4 heteroatoms. The second-order valence-corrected chi connectivity index (χ2v) is 5.35. The molecule has 16 heavy (non-hydrogen) atoms. The second-order valence-electron chi connectivity index (χ2n) is 4.96. The third-order valence-electron chi connectivity index (χ3n) is 3.40. The van der Waals surface area contributed by atoms with Gasteiger partial charge in [-0.1, -0.05) is 13.0 Å². The summed E-state index contributed by atoms with van der Waals surface area (Å²) in [6.45, 7) is 3.13. The van der Waals surface area contributed by atoms with Crippen LogP contribution in [0.5, 0.6) is 0 Å². The van der Waals surface area contributed by atoms with Crippen LogP contribution < -0.4 is 0 Å². The van der Waals surface area contributed by atoms with Gasteiger partial charge in [0, 0.05) is 6.54 Å². The number of aromatic amines is 1. The molecule has 0 saturated heterocycles.